The molecule has 36 heavy (non-hydrogen) atoms. The van der Waals surface area contributed by atoms with Crippen molar-refractivity contribution in [1.82, 2.24) is 19.8 Å². The molecular weight excluding hydrogens is 464 g/mol. The predicted octanol–water partition coefficient (Wildman–Crippen LogP) is 1.21. The summed E-state index contributed by atoms with van der Waals surface area (Å²) < 4.78 is 6.04. The standard InChI is InChI=1S/C25H26N6O5/c1-14-5-8-17(28-21(14)32)22(33)30(2)18(10-15-6-7-15)23(34)31-13-25(11-16(31)12-26)24(35)29-20-19(36-25)4-3-9-27-20/h3-5,8-9,15-16,18H,6-7,10-11,13H2,1-2H3,(H,28,32)(H,27,29,35). The number of hydrogen-bond donors (Lipinski definition) is 2. The zero-order valence-electron chi connectivity index (χ0n) is 20.0. The largest absolute Gasteiger partial charge is 0.472 e. The second kappa shape index (κ2) is 8.78. The maximum Gasteiger partial charge on any atom is 0.271 e. The fraction of sp³-hybridized carbons (Fsp3) is 0.440. The van der Waals surface area contributed by atoms with Crippen molar-refractivity contribution in [3.05, 3.63) is 52.1 Å². The van der Waals surface area contributed by atoms with E-state index in [1.807, 2.05) is 0 Å². The monoisotopic (exact) mass is 490 g/mol. The number of amides is 3. The molecule has 3 amide bonds. The molecule has 1 spiro atoms. The topological polar surface area (TPSA) is 148 Å². The number of anilines is 1. The number of hydrogen-bond acceptors (Lipinski definition) is 7. The zero-order chi connectivity index (χ0) is 25.6. The van der Waals surface area contributed by atoms with Gasteiger partial charge in [0.05, 0.1) is 12.6 Å². The molecule has 1 saturated carbocycles. The van der Waals surface area contributed by atoms with Gasteiger partial charge in [-0.05, 0) is 37.5 Å². The first-order valence-electron chi connectivity index (χ1n) is 11.8. The molecule has 1 saturated heterocycles. The van der Waals surface area contributed by atoms with Crippen LogP contribution in [0, 0.1) is 24.2 Å². The Bertz CT molecular complexity index is 1340. The fourth-order valence-electron chi connectivity index (χ4n) is 4.79. The highest BCUT2D eigenvalue weighted by atomic mass is 16.5. The number of aromatic nitrogens is 2. The summed E-state index contributed by atoms with van der Waals surface area (Å²) in [5.74, 6) is -0.451. The van der Waals surface area contributed by atoms with Crippen LogP contribution >= 0.6 is 0 Å². The first-order valence-corrected chi connectivity index (χ1v) is 11.8. The van der Waals surface area contributed by atoms with Crippen LogP contribution in [0.2, 0.25) is 0 Å². The summed E-state index contributed by atoms with van der Waals surface area (Å²) in [7, 11) is 1.52. The highest BCUT2D eigenvalue weighted by molar-refractivity contribution is 6.01. The van der Waals surface area contributed by atoms with Gasteiger partial charge in [-0.2, -0.15) is 5.26 Å². The van der Waals surface area contributed by atoms with E-state index in [1.54, 1.807) is 25.1 Å². The summed E-state index contributed by atoms with van der Waals surface area (Å²) in [6.45, 7) is 1.51. The zero-order valence-corrected chi connectivity index (χ0v) is 20.0. The van der Waals surface area contributed by atoms with Gasteiger partial charge in [-0.3, -0.25) is 19.2 Å². The molecular formula is C25H26N6O5. The number of nitriles is 1. The van der Waals surface area contributed by atoms with E-state index >= 15 is 0 Å². The van der Waals surface area contributed by atoms with Crippen LogP contribution in [0.1, 0.15) is 41.7 Å². The second-order valence-electron chi connectivity index (χ2n) is 9.71. The summed E-state index contributed by atoms with van der Waals surface area (Å²) >= 11 is 0. The van der Waals surface area contributed by atoms with E-state index in [2.05, 4.69) is 21.4 Å². The number of carbonyl (C=O) groups is 3. The quantitative estimate of drug-likeness (QED) is 0.640. The first kappa shape index (κ1) is 23.5. The van der Waals surface area contributed by atoms with Crippen LogP contribution < -0.4 is 15.6 Å². The molecule has 0 aromatic carbocycles. The van der Waals surface area contributed by atoms with Crippen LogP contribution in [0.3, 0.4) is 0 Å². The number of carbonyl (C=O) groups excluding carboxylic acids is 3. The molecule has 2 aliphatic heterocycles. The molecule has 2 fully saturated rings. The van der Waals surface area contributed by atoms with Crippen molar-refractivity contribution in [3.8, 4) is 11.8 Å². The lowest BCUT2D eigenvalue weighted by molar-refractivity contribution is -0.138. The SMILES string of the molecule is Cc1ccc(C(=O)N(C)C(CC2CC2)C(=O)N2CC3(CC2C#N)Oc2cccnc2NC3=O)[nH]c1=O. The van der Waals surface area contributed by atoms with Gasteiger partial charge in [0, 0.05) is 25.2 Å². The Morgan fingerprint density at radius 3 is 2.81 bits per heavy atom. The molecule has 3 unspecified atom stereocenters. The number of likely N-dealkylation sites (N-methyl/N-ethyl adjacent to an activating group) is 1. The summed E-state index contributed by atoms with van der Waals surface area (Å²) in [6.07, 6.45) is 3.86. The smallest absolute Gasteiger partial charge is 0.271 e. The van der Waals surface area contributed by atoms with Gasteiger partial charge in [0.1, 0.15) is 17.8 Å². The summed E-state index contributed by atoms with van der Waals surface area (Å²) in [6, 6.07) is 6.77. The third kappa shape index (κ3) is 4.08. The van der Waals surface area contributed by atoms with Gasteiger partial charge in [0.2, 0.25) is 11.5 Å². The molecule has 3 aliphatic rings. The van der Waals surface area contributed by atoms with Crippen LogP contribution in [-0.4, -0.2) is 68.8 Å². The van der Waals surface area contributed by atoms with E-state index in [0.29, 0.717) is 17.7 Å². The number of fused-ring (bicyclic) bond motifs is 1. The molecule has 186 valence electrons. The Kier molecular flexibility index (Phi) is 5.74. The van der Waals surface area contributed by atoms with Gasteiger partial charge >= 0.3 is 0 Å². The molecule has 0 radical (unpaired) electrons. The number of pyridine rings is 2. The minimum Gasteiger partial charge on any atom is -0.472 e. The minimum absolute atomic E-state index is 0.00546. The molecule has 11 heteroatoms. The van der Waals surface area contributed by atoms with Crippen molar-refractivity contribution in [2.24, 2.45) is 5.92 Å². The normalized spacial score (nSPS) is 23.3. The van der Waals surface area contributed by atoms with Crippen LogP contribution in [0.15, 0.2) is 35.3 Å². The molecule has 2 aromatic rings. The highest BCUT2D eigenvalue weighted by Gasteiger charge is 2.56. The number of ether oxygens (including phenoxy) is 1. The van der Waals surface area contributed by atoms with Gasteiger partial charge in [-0.15, -0.1) is 0 Å². The third-order valence-corrected chi connectivity index (χ3v) is 7.14. The molecule has 11 nitrogen and oxygen atoms in total. The van der Waals surface area contributed by atoms with Crippen LogP contribution in [0.25, 0.3) is 0 Å². The van der Waals surface area contributed by atoms with Crippen LogP contribution in [-0.2, 0) is 9.59 Å². The van der Waals surface area contributed by atoms with E-state index in [0.717, 1.165) is 12.8 Å². The van der Waals surface area contributed by atoms with Gasteiger partial charge in [-0.1, -0.05) is 18.9 Å². The Hall–Kier alpha value is -4.20. The summed E-state index contributed by atoms with van der Waals surface area (Å²) in [5.41, 5.74) is -1.25. The number of rotatable bonds is 5. The lowest BCUT2D eigenvalue weighted by atomic mass is 9.97. The summed E-state index contributed by atoms with van der Waals surface area (Å²) in [4.78, 5) is 61.5. The molecule has 1 aliphatic carbocycles. The van der Waals surface area contributed by atoms with Crippen LogP contribution in [0.5, 0.6) is 5.75 Å². The Morgan fingerprint density at radius 1 is 1.33 bits per heavy atom. The number of H-pyrrole nitrogens is 1. The van der Waals surface area contributed by atoms with Crippen LogP contribution in [0.4, 0.5) is 5.82 Å². The van der Waals surface area contributed by atoms with E-state index in [-0.39, 0.29) is 36.0 Å². The molecule has 3 atom stereocenters. The Morgan fingerprint density at radius 2 is 2.11 bits per heavy atom. The maximum absolute atomic E-state index is 13.9. The first-order chi connectivity index (χ1) is 17.2. The van der Waals surface area contributed by atoms with Crippen molar-refractivity contribution in [3.63, 3.8) is 0 Å². The molecule has 2 aromatic heterocycles. The fourth-order valence-corrected chi connectivity index (χ4v) is 4.79. The van der Waals surface area contributed by atoms with Crippen molar-refractivity contribution in [2.45, 2.75) is 50.3 Å². The van der Waals surface area contributed by atoms with Crippen molar-refractivity contribution < 1.29 is 19.1 Å². The Labute approximate surface area is 207 Å². The maximum atomic E-state index is 13.9. The highest BCUT2D eigenvalue weighted by Crippen LogP contribution is 2.40. The summed E-state index contributed by atoms with van der Waals surface area (Å²) in [5, 5.41) is 12.6. The second-order valence-corrected chi connectivity index (χ2v) is 9.71. The molecule has 5 rings (SSSR count). The molecule has 0 bridgehead atoms. The Balaban J connectivity index is 1.42. The number of aromatic amines is 1. The third-order valence-electron chi connectivity index (χ3n) is 7.14. The van der Waals surface area contributed by atoms with Gasteiger partial charge < -0.3 is 24.8 Å². The van der Waals surface area contributed by atoms with E-state index < -0.39 is 35.4 Å². The van der Waals surface area contributed by atoms with Gasteiger partial charge in [-0.25, -0.2) is 4.98 Å². The van der Waals surface area contributed by atoms with E-state index in [1.165, 1.54) is 29.1 Å². The number of nitrogens with one attached hydrogen (secondary N) is 2. The van der Waals surface area contributed by atoms with Crippen molar-refractivity contribution >= 4 is 23.5 Å². The average molecular weight is 491 g/mol. The lowest BCUT2D eigenvalue weighted by Gasteiger charge is -2.35. The molecule has 4 heterocycles. The van der Waals surface area contributed by atoms with Gasteiger partial charge in [0.25, 0.3) is 17.4 Å². The van der Waals surface area contributed by atoms with Gasteiger partial charge in [0.15, 0.2) is 11.6 Å². The van der Waals surface area contributed by atoms with E-state index in [4.69, 9.17) is 4.74 Å². The van der Waals surface area contributed by atoms with Crippen molar-refractivity contribution in [2.75, 3.05) is 18.9 Å². The van der Waals surface area contributed by atoms with E-state index in [9.17, 15) is 24.4 Å². The number of aryl methyl sites for hydroxylation is 1. The number of nitrogens with zero attached hydrogens (tertiary/aromatic N) is 4. The number of likely N-dealkylation sites (tertiary alicyclic amines) is 1. The lowest BCUT2D eigenvalue weighted by Crippen LogP contribution is -2.55. The minimum atomic E-state index is -1.43. The predicted molar refractivity (Wildman–Crippen MR) is 127 cm³/mol. The average Bonchev–Trinajstić information content (AvgIpc) is 3.62. The molecule has 2 N–H and O–H groups in total. The van der Waals surface area contributed by atoms with Crippen molar-refractivity contribution in [1.29, 1.82) is 5.26 Å².